The highest BCUT2D eigenvalue weighted by molar-refractivity contribution is 6.03. The van der Waals surface area contributed by atoms with Crippen LogP contribution >= 0.6 is 0 Å². The zero-order valence-corrected chi connectivity index (χ0v) is 15.4. The lowest BCUT2D eigenvalue weighted by Crippen LogP contribution is -2.07. The van der Waals surface area contributed by atoms with E-state index in [1.54, 1.807) is 13.2 Å². The van der Waals surface area contributed by atoms with Gasteiger partial charge in [0.15, 0.2) is 6.61 Å². The molecular weight excluding hydrogens is 358 g/mol. The predicted molar refractivity (Wildman–Crippen MR) is 102 cm³/mol. The van der Waals surface area contributed by atoms with Gasteiger partial charge in [-0.15, -0.1) is 0 Å². The molecule has 28 heavy (non-hydrogen) atoms. The Labute approximate surface area is 160 Å². The maximum Gasteiger partial charge on any atom is 0.339 e. The van der Waals surface area contributed by atoms with Crippen molar-refractivity contribution < 1.29 is 18.8 Å². The van der Waals surface area contributed by atoms with Crippen LogP contribution in [0.4, 0.5) is 0 Å². The van der Waals surface area contributed by atoms with Crippen molar-refractivity contribution in [1.82, 2.24) is 15.1 Å². The van der Waals surface area contributed by atoms with Gasteiger partial charge < -0.3 is 14.0 Å². The monoisotopic (exact) mass is 375 g/mol. The van der Waals surface area contributed by atoms with Crippen LogP contribution in [0.3, 0.4) is 0 Å². The molecule has 0 spiro atoms. The van der Waals surface area contributed by atoms with Gasteiger partial charge in [0.2, 0.25) is 5.82 Å². The quantitative estimate of drug-likeness (QED) is 0.488. The van der Waals surface area contributed by atoms with Crippen LogP contribution in [0.15, 0.2) is 59.1 Å². The number of ether oxygens (including phenoxy) is 2. The molecule has 4 rings (SSSR count). The van der Waals surface area contributed by atoms with E-state index < -0.39 is 5.97 Å². The molecule has 0 aliphatic heterocycles. The molecule has 0 N–H and O–H groups in total. The summed E-state index contributed by atoms with van der Waals surface area (Å²) in [6.07, 6.45) is 0. The summed E-state index contributed by atoms with van der Waals surface area (Å²) in [7, 11) is 1.57. The molecule has 0 bridgehead atoms. The minimum atomic E-state index is -0.473. The number of nitrogens with zero attached hydrogens (tertiary/aromatic N) is 3. The van der Waals surface area contributed by atoms with Gasteiger partial charge in [0.05, 0.1) is 23.8 Å². The van der Waals surface area contributed by atoms with Crippen LogP contribution < -0.4 is 4.74 Å². The Bertz CT molecular complexity index is 1150. The Morgan fingerprint density at radius 1 is 1.07 bits per heavy atom. The fourth-order valence-corrected chi connectivity index (χ4v) is 2.93. The second-order valence-electron chi connectivity index (χ2n) is 6.12. The molecule has 2 heterocycles. The number of pyridine rings is 1. The normalized spacial score (nSPS) is 10.8. The highest BCUT2D eigenvalue weighted by atomic mass is 16.6. The number of para-hydroxylation sites is 2. The van der Waals surface area contributed by atoms with Crippen LogP contribution in [0.1, 0.15) is 21.9 Å². The molecule has 2 aromatic carbocycles. The minimum Gasteiger partial charge on any atom is -0.496 e. The van der Waals surface area contributed by atoms with E-state index in [9.17, 15) is 4.79 Å². The summed E-state index contributed by atoms with van der Waals surface area (Å²) >= 11 is 0. The summed E-state index contributed by atoms with van der Waals surface area (Å²) in [5.41, 5.74) is 2.63. The van der Waals surface area contributed by atoms with Gasteiger partial charge in [0, 0.05) is 11.1 Å². The first-order valence-electron chi connectivity index (χ1n) is 8.65. The summed E-state index contributed by atoms with van der Waals surface area (Å²) in [5, 5.41) is 4.68. The number of carbonyl (C=O) groups is 1. The molecule has 0 saturated heterocycles. The van der Waals surface area contributed by atoms with E-state index in [1.807, 2.05) is 55.5 Å². The van der Waals surface area contributed by atoms with Crippen molar-refractivity contribution in [3.8, 4) is 17.1 Å². The topological polar surface area (TPSA) is 87.3 Å². The number of hydrogen-bond donors (Lipinski definition) is 0. The maximum absolute atomic E-state index is 12.6. The Kier molecular flexibility index (Phi) is 4.72. The average molecular weight is 375 g/mol. The molecule has 0 aliphatic carbocycles. The van der Waals surface area contributed by atoms with Crippen LogP contribution in [0.5, 0.6) is 5.75 Å². The number of carbonyl (C=O) groups excluding carboxylic acids is 1. The van der Waals surface area contributed by atoms with Crippen molar-refractivity contribution in [1.29, 1.82) is 0 Å². The molecule has 7 nitrogen and oxygen atoms in total. The summed E-state index contributed by atoms with van der Waals surface area (Å²) in [5.74, 6) is 0.724. The lowest BCUT2D eigenvalue weighted by Gasteiger charge is -2.07. The highest BCUT2D eigenvalue weighted by Crippen LogP contribution is 2.27. The maximum atomic E-state index is 12.6. The van der Waals surface area contributed by atoms with Crippen molar-refractivity contribution in [3.63, 3.8) is 0 Å². The predicted octanol–water partition coefficient (Wildman–Crippen LogP) is 3.96. The lowest BCUT2D eigenvalue weighted by molar-refractivity contribution is 0.0432. The molecule has 0 unspecified atom stereocenters. The SMILES string of the molecule is COc1ccccc1-c1noc(COC(=O)c2cc(C)nc3ccccc23)n1. The number of benzene rings is 2. The largest absolute Gasteiger partial charge is 0.496 e. The fourth-order valence-electron chi connectivity index (χ4n) is 2.93. The Morgan fingerprint density at radius 2 is 1.86 bits per heavy atom. The zero-order chi connectivity index (χ0) is 19.5. The van der Waals surface area contributed by atoms with Gasteiger partial charge in [-0.3, -0.25) is 4.98 Å². The third-order valence-corrected chi connectivity index (χ3v) is 4.21. The smallest absolute Gasteiger partial charge is 0.339 e. The summed E-state index contributed by atoms with van der Waals surface area (Å²) in [4.78, 5) is 21.3. The highest BCUT2D eigenvalue weighted by Gasteiger charge is 2.17. The Hall–Kier alpha value is -3.74. The standard InChI is InChI=1S/C21H17N3O4/c1-13-11-16(14-7-3-5-9-17(14)22-13)21(25)27-12-19-23-20(24-28-19)15-8-4-6-10-18(15)26-2/h3-11H,12H2,1-2H3. The van der Waals surface area contributed by atoms with Gasteiger partial charge >= 0.3 is 5.97 Å². The molecule has 0 radical (unpaired) electrons. The van der Waals surface area contributed by atoms with E-state index in [0.29, 0.717) is 22.7 Å². The summed E-state index contributed by atoms with van der Waals surface area (Å²) < 4.78 is 15.9. The Balaban J connectivity index is 1.53. The van der Waals surface area contributed by atoms with Crippen molar-refractivity contribution in [2.75, 3.05) is 7.11 Å². The third-order valence-electron chi connectivity index (χ3n) is 4.21. The van der Waals surface area contributed by atoms with Gasteiger partial charge in [-0.05, 0) is 31.2 Å². The number of rotatable bonds is 5. The summed E-state index contributed by atoms with van der Waals surface area (Å²) in [6, 6.07) is 16.5. The molecule has 0 atom stereocenters. The van der Waals surface area contributed by atoms with E-state index in [2.05, 4.69) is 15.1 Å². The van der Waals surface area contributed by atoms with Crippen LogP contribution in [0, 0.1) is 6.92 Å². The van der Waals surface area contributed by atoms with Crippen LogP contribution in [-0.2, 0) is 11.3 Å². The Morgan fingerprint density at radius 3 is 2.71 bits per heavy atom. The van der Waals surface area contributed by atoms with Gasteiger partial charge in [0.25, 0.3) is 5.89 Å². The van der Waals surface area contributed by atoms with E-state index in [4.69, 9.17) is 14.0 Å². The average Bonchev–Trinajstić information content (AvgIpc) is 3.20. The molecule has 7 heteroatoms. The first-order valence-corrected chi connectivity index (χ1v) is 8.65. The summed E-state index contributed by atoms with van der Waals surface area (Å²) in [6.45, 7) is 1.71. The van der Waals surface area contributed by atoms with Crippen LogP contribution in [-0.4, -0.2) is 28.2 Å². The van der Waals surface area contributed by atoms with Gasteiger partial charge in [-0.1, -0.05) is 35.5 Å². The molecule has 0 amide bonds. The first kappa shape index (κ1) is 17.7. The zero-order valence-electron chi connectivity index (χ0n) is 15.4. The number of aromatic nitrogens is 3. The second-order valence-corrected chi connectivity index (χ2v) is 6.12. The molecule has 4 aromatic rings. The van der Waals surface area contributed by atoms with Crippen LogP contribution in [0.2, 0.25) is 0 Å². The molecule has 2 aromatic heterocycles. The van der Waals surface area contributed by atoms with Crippen LogP contribution in [0.25, 0.3) is 22.3 Å². The second kappa shape index (κ2) is 7.48. The fraction of sp³-hybridized carbons (Fsp3) is 0.143. The van der Waals surface area contributed by atoms with E-state index in [1.165, 1.54) is 0 Å². The van der Waals surface area contributed by atoms with Crippen molar-refractivity contribution in [3.05, 3.63) is 71.7 Å². The number of hydrogen-bond acceptors (Lipinski definition) is 7. The van der Waals surface area contributed by atoms with E-state index in [0.717, 1.165) is 16.6 Å². The number of esters is 1. The molecule has 140 valence electrons. The number of aryl methyl sites for hydroxylation is 1. The molecule has 0 aliphatic rings. The lowest BCUT2D eigenvalue weighted by atomic mass is 10.1. The number of fused-ring (bicyclic) bond motifs is 1. The van der Waals surface area contributed by atoms with E-state index in [-0.39, 0.29) is 12.5 Å². The van der Waals surface area contributed by atoms with Gasteiger partial charge in [-0.25, -0.2) is 4.79 Å². The molecule has 0 saturated carbocycles. The van der Waals surface area contributed by atoms with Crippen molar-refractivity contribution >= 4 is 16.9 Å². The van der Waals surface area contributed by atoms with Gasteiger partial charge in [-0.2, -0.15) is 4.98 Å². The minimum absolute atomic E-state index is 0.128. The van der Waals surface area contributed by atoms with Crippen molar-refractivity contribution in [2.24, 2.45) is 0 Å². The molecular formula is C21H17N3O4. The number of methoxy groups -OCH3 is 1. The van der Waals surface area contributed by atoms with Crippen molar-refractivity contribution in [2.45, 2.75) is 13.5 Å². The molecule has 0 fully saturated rings. The van der Waals surface area contributed by atoms with E-state index >= 15 is 0 Å². The third kappa shape index (κ3) is 3.42. The first-order chi connectivity index (χ1) is 13.7. The van der Waals surface area contributed by atoms with Gasteiger partial charge in [0.1, 0.15) is 5.75 Å².